The van der Waals surface area contributed by atoms with Gasteiger partial charge in [0.05, 0.1) is 16.8 Å². The first-order chi connectivity index (χ1) is 16.3. The van der Waals surface area contributed by atoms with Gasteiger partial charge in [-0.05, 0) is 44.5 Å². The molecule has 4 rings (SSSR count). The van der Waals surface area contributed by atoms with E-state index in [2.05, 4.69) is 40.0 Å². The van der Waals surface area contributed by atoms with E-state index in [0.29, 0.717) is 28.0 Å². The zero-order valence-corrected chi connectivity index (χ0v) is 21.0. The van der Waals surface area contributed by atoms with E-state index < -0.39 is 23.8 Å². The highest BCUT2D eigenvalue weighted by Gasteiger charge is 2.30. The molecule has 8 heteroatoms. The molecule has 0 saturated carbocycles. The van der Waals surface area contributed by atoms with Crippen LogP contribution in [0.4, 0.5) is 10.1 Å². The Labute approximate surface area is 206 Å². The van der Waals surface area contributed by atoms with Gasteiger partial charge in [0.1, 0.15) is 5.82 Å². The predicted octanol–water partition coefficient (Wildman–Crippen LogP) is 5.48. The molecule has 0 saturated heterocycles. The fraction of sp³-hybridized carbons (Fsp3) is 0.346. The van der Waals surface area contributed by atoms with E-state index >= 15 is 0 Å². The number of nitrogens with zero attached hydrogens (tertiary/aromatic N) is 2. The highest BCUT2D eigenvalue weighted by molar-refractivity contribution is 9.10. The number of rotatable bonds is 6. The van der Waals surface area contributed by atoms with Crippen molar-refractivity contribution >= 4 is 44.4 Å². The second-order valence-corrected chi connectivity index (χ2v) is 9.57. The molecule has 1 aliphatic rings. The van der Waals surface area contributed by atoms with E-state index in [1.54, 1.807) is 13.0 Å². The van der Waals surface area contributed by atoms with Crippen molar-refractivity contribution in [2.24, 2.45) is 0 Å². The number of halogens is 2. The van der Waals surface area contributed by atoms with Gasteiger partial charge in [-0.15, -0.1) is 0 Å². The largest absolute Gasteiger partial charge is 0.449 e. The van der Waals surface area contributed by atoms with Crippen LogP contribution >= 0.6 is 15.9 Å². The van der Waals surface area contributed by atoms with Gasteiger partial charge in [0.15, 0.2) is 6.10 Å². The highest BCUT2D eigenvalue weighted by Crippen LogP contribution is 2.30. The number of carbonyl (C=O) groups excluding carboxylic acids is 2. The monoisotopic (exact) mass is 527 g/mol. The minimum absolute atomic E-state index is 0.0296. The zero-order valence-electron chi connectivity index (χ0n) is 19.4. The molecule has 1 aromatic heterocycles. The van der Waals surface area contributed by atoms with Gasteiger partial charge in [0.25, 0.3) is 5.91 Å². The summed E-state index contributed by atoms with van der Waals surface area (Å²) in [5.74, 6) is -1.72. The van der Waals surface area contributed by atoms with Gasteiger partial charge in [-0.1, -0.05) is 41.1 Å². The van der Waals surface area contributed by atoms with E-state index in [1.807, 2.05) is 24.3 Å². The summed E-state index contributed by atoms with van der Waals surface area (Å²) in [7, 11) is 0. The molecule has 0 aliphatic carbocycles. The van der Waals surface area contributed by atoms with Crippen molar-refractivity contribution in [3.05, 3.63) is 69.6 Å². The second kappa shape index (κ2) is 10.2. The molecule has 0 spiro atoms. The Hall–Kier alpha value is -2.84. The summed E-state index contributed by atoms with van der Waals surface area (Å²) in [4.78, 5) is 33.5. The summed E-state index contributed by atoms with van der Waals surface area (Å²) in [6.07, 6.45) is -0.0824. The Balaban J connectivity index is 1.65. The molecule has 0 bridgehead atoms. The quantitative estimate of drug-likeness (QED) is 0.430. The Morgan fingerprint density at radius 3 is 2.71 bits per heavy atom. The summed E-state index contributed by atoms with van der Waals surface area (Å²) in [5.41, 5.74) is 2.93. The van der Waals surface area contributed by atoms with Gasteiger partial charge >= 0.3 is 5.97 Å². The fourth-order valence-electron chi connectivity index (χ4n) is 4.20. The van der Waals surface area contributed by atoms with Crippen molar-refractivity contribution in [2.75, 3.05) is 11.9 Å². The average molecular weight is 528 g/mol. The maximum absolute atomic E-state index is 14.2. The number of hydrogen-bond donors (Lipinski definition) is 1. The number of para-hydroxylation sites is 1. The lowest BCUT2D eigenvalue weighted by atomic mass is 9.95. The van der Waals surface area contributed by atoms with Gasteiger partial charge in [-0.25, -0.2) is 9.18 Å². The van der Waals surface area contributed by atoms with Crippen molar-refractivity contribution in [3.8, 4) is 0 Å². The lowest BCUT2D eigenvalue weighted by molar-refractivity contribution is -0.124. The molecule has 1 aliphatic heterocycles. The minimum Gasteiger partial charge on any atom is -0.449 e. The van der Waals surface area contributed by atoms with Crippen molar-refractivity contribution < 1.29 is 18.7 Å². The fourth-order valence-corrected chi connectivity index (χ4v) is 4.53. The van der Waals surface area contributed by atoms with Crippen LogP contribution in [0.3, 0.4) is 0 Å². The van der Waals surface area contributed by atoms with Crippen LogP contribution in [0.5, 0.6) is 0 Å². The van der Waals surface area contributed by atoms with E-state index in [-0.39, 0.29) is 12.1 Å². The summed E-state index contributed by atoms with van der Waals surface area (Å²) in [6, 6.07) is 12.1. The first-order valence-electron chi connectivity index (χ1n) is 11.4. The number of fused-ring (bicyclic) bond motifs is 2. The number of anilines is 1. The highest BCUT2D eigenvalue weighted by atomic mass is 79.9. The minimum atomic E-state index is -1.07. The first kappa shape index (κ1) is 24.3. The van der Waals surface area contributed by atoms with E-state index in [0.717, 1.165) is 29.7 Å². The molecule has 34 heavy (non-hydrogen) atoms. The molecular weight excluding hydrogens is 501 g/mol. The number of nitrogens with one attached hydrogen (secondary N) is 1. The average Bonchev–Trinajstić information content (AvgIpc) is 2.82. The number of benzene rings is 2. The van der Waals surface area contributed by atoms with Crippen LogP contribution < -0.4 is 5.32 Å². The Bertz CT molecular complexity index is 1250. The molecule has 2 heterocycles. The normalized spacial score (nSPS) is 14.6. The zero-order chi connectivity index (χ0) is 24.4. The maximum atomic E-state index is 14.2. The van der Waals surface area contributed by atoms with Crippen LogP contribution in [-0.4, -0.2) is 40.5 Å². The molecule has 3 aromatic rings. The van der Waals surface area contributed by atoms with Crippen molar-refractivity contribution in [3.63, 3.8) is 0 Å². The van der Waals surface area contributed by atoms with Gasteiger partial charge in [0, 0.05) is 46.7 Å². The molecule has 1 amide bonds. The van der Waals surface area contributed by atoms with Crippen LogP contribution in [0.1, 0.15) is 48.8 Å². The molecule has 6 nitrogen and oxygen atoms in total. The summed E-state index contributed by atoms with van der Waals surface area (Å²) in [6.45, 7) is 7.44. The van der Waals surface area contributed by atoms with Crippen LogP contribution in [0.15, 0.2) is 46.9 Å². The Morgan fingerprint density at radius 1 is 1.24 bits per heavy atom. The van der Waals surface area contributed by atoms with Crippen molar-refractivity contribution in [2.45, 2.75) is 52.3 Å². The summed E-state index contributed by atoms with van der Waals surface area (Å²) < 4.78 is 20.5. The predicted molar refractivity (Wildman–Crippen MR) is 133 cm³/mol. The topological polar surface area (TPSA) is 71.5 Å². The Kier molecular flexibility index (Phi) is 7.28. The van der Waals surface area contributed by atoms with E-state index in [4.69, 9.17) is 9.72 Å². The molecule has 1 atom stereocenters. The number of carbonyl (C=O) groups is 2. The lowest BCUT2D eigenvalue weighted by Crippen LogP contribution is -2.38. The van der Waals surface area contributed by atoms with E-state index in [9.17, 15) is 14.0 Å². The third-order valence-electron chi connectivity index (χ3n) is 6.11. The maximum Gasteiger partial charge on any atom is 0.340 e. The van der Waals surface area contributed by atoms with E-state index in [1.165, 1.54) is 12.1 Å². The molecule has 2 aromatic carbocycles. The van der Waals surface area contributed by atoms with Gasteiger partial charge < -0.3 is 10.1 Å². The lowest BCUT2D eigenvalue weighted by Gasteiger charge is -2.32. The standard InChI is InChI=1S/C26H27BrFN3O3/c1-4-23(25(32)30-22-10-9-16(27)13-19(22)28)34-26(33)24-17-7-5-6-8-20(17)29-21-11-12-31(15(2)3)14-18(21)24/h5-10,13,15,23H,4,11-12,14H2,1-3H3,(H,30,32). The summed E-state index contributed by atoms with van der Waals surface area (Å²) in [5, 5.41) is 3.23. The van der Waals surface area contributed by atoms with Gasteiger partial charge in [-0.3, -0.25) is 14.7 Å². The second-order valence-electron chi connectivity index (χ2n) is 8.66. The number of amides is 1. The number of esters is 1. The van der Waals surface area contributed by atoms with Gasteiger partial charge in [0.2, 0.25) is 0 Å². The number of aromatic nitrogens is 1. The van der Waals surface area contributed by atoms with Gasteiger partial charge in [-0.2, -0.15) is 0 Å². The summed E-state index contributed by atoms with van der Waals surface area (Å²) >= 11 is 3.20. The number of ether oxygens (including phenoxy) is 1. The van der Waals surface area contributed by atoms with Crippen LogP contribution in [0.25, 0.3) is 10.9 Å². The smallest absolute Gasteiger partial charge is 0.340 e. The van der Waals surface area contributed by atoms with Crippen LogP contribution in [0.2, 0.25) is 0 Å². The van der Waals surface area contributed by atoms with Crippen molar-refractivity contribution in [1.82, 2.24) is 9.88 Å². The molecular formula is C26H27BrFN3O3. The first-order valence-corrected chi connectivity index (χ1v) is 12.2. The SMILES string of the molecule is CCC(OC(=O)c1c2c(nc3ccccc13)CCN(C(C)C)C2)C(=O)Nc1ccc(Br)cc1F. The third kappa shape index (κ3) is 4.98. The van der Waals surface area contributed by atoms with Crippen molar-refractivity contribution in [1.29, 1.82) is 0 Å². The number of hydrogen-bond acceptors (Lipinski definition) is 5. The third-order valence-corrected chi connectivity index (χ3v) is 6.61. The molecule has 0 fully saturated rings. The van der Waals surface area contributed by atoms with Crippen LogP contribution in [0, 0.1) is 5.82 Å². The Morgan fingerprint density at radius 2 is 2.00 bits per heavy atom. The number of pyridine rings is 1. The molecule has 1 unspecified atom stereocenters. The molecule has 0 radical (unpaired) electrons. The molecule has 178 valence electrons. The van der Waals surface area contributed by atoms with Crippen LogP contribution in [-0.2, 0) is 22.5 Å². The molecule has 1 N–H and O–H groups in total.